The number of anilines is 1. The Bertz CT molecular complexity index is 1060. The molecular formula is C23H23BrClN3O2S2. The number of carbonyl (C=O) groups excluding carboxylic acids is 1. The molecule has 0 N–H and O–H groups in total. The second-order valence-electron chi connectivity index (χ2n) is 7.46. The quantitative estimate of drug-likeness (QED) is 0.413. The fourth-order valence-electron chi connectivity index (χ4n) is 3.93. The Kier molecular flexibility index (Phi) is 7.76. The zero-order valence-electron chi connectivity index (χ0n) is 17.3. The van der Waals surface area contributed by atoms with E-state index in [0.29, 0.717) is 11.6 Å². The summed E-state index contributed by atoms with van der Waals surface area (Å²) in [6.45, 7) is 2.37. The van der Waals surface area contributed by atoms with Crippen LogP contribution in [0, 0.1) is 0 Å². The van der Waals surface area contributed by atoms with Gasteiger partial charge in [0.25, 0.3) is 5.91 Å². The molecule has 2 aromatic rings. The molecule has 1 amide bonds. The van der Waals surface area contributed by atoms with Gasteiger partial charge >= 0.3 is 0 Å². The van der Waals surface area contributed by atoms with Crippen LogP contribution in [0.4, 0.5) is 5.69 Å². The molecule has 32 heavy (non-hydrogen) atoms. The Morgan fingerprint density at radius 2 is 2.06 bits per heavy atom. The minimum absolute atomic E-state index is 0. The van der Waals surface area contributed by atoms with E-state index in [9.17, 15) is 4.79 Å². The highest BCUT2D eigenvalue weighted by molar-refractivity contribution is 8.93. The molecule has 9 heteroatoms. The number of aliphatic imine (C=N–C) groups is 1. The molecule has 0 aliphatic carbocycles. The first kappa shape index (κ1) is 23.5. The van der Waals surface area contributed by atoms with E-state index in [0.717, 1.165) is 58.9 Å². The first-order valence-corrected chi connectivity index (χ1v) is 12.7. The van der Waals surface area contributed by atoms with E-state index < -0.39 is 0 Å². The Morgan fingerprint density at radius 1 is 1.22 bits per heavy atom. The van der Waals surface area contributed by atoms with E-state index in [1.807, 2.05) is 34.9 Å². The van der Waals surface area contributed by atoms with E-state index in [1.54, 1.807) is 11.8 Å². The van der Waals surface area contributed by atoms with Crippen molar-refractivity contribution in [2.24, 2.45) is 4.99 Å². The van der Waals surface area contributed by atoms with Gasteiger partial charge in [0.15, 0.2) is 17.5 Å². The molecule has 0 unspecified atom stereocenters. The van der Waals surface area contributed by atoms with Gasteiger partial charge in [0, 0.05) is 34.8 Å². The van der Waals surface area contributed by atoms with E-state index >= 15 is 0 Å². The fourth-order valence-corrected chi connectivity index (χ4v) is 6.01. The molecule has 3 heterocycles. The van der Waals surface area contributed by atoms with E-state index in [4.69, 9.17) is 16.3 Å². The maximum atomic E-state index is 12.7. The van der Waals surface area contributed by atoms with E-state index in [1.165, 1.54) is 5.56 Å². The van der Waals surface area contributed by atoms with Crippen LogP contribution in [0.25, 0.3) is 5.70 Å². The van der Waals surface area contributed by atoms with Gasteiger partial charge in [-0.15, -0.1) is 17.0 Å². The lowest BCUT2D eigenvalue weighted by Gasteiger charge is -2.32. The number of amides is 1. The molecule has 3 aliphatic heterocycles. The summed E-state index contributed by atoms with van der Waals surface area (Å²) in [5, 5.41) is 3.71. The van der Waals surface area contributed by atoms with Gasteiger partial charge in [-0.1, -0.05) is 53.7 Å². The van der Waals surface area contributed by atoms with Gasteiger partial charge in [-0.05, 0) is 29.9 Å². The first-order chi connectivity index (χ1) is 15.2. The van der Waals surface area contributed by atoms with Gasteiger partial charge in [-0.3, -0.25) is 9.79 Å². The standard InChI is InChI=1S/C23H22ClN3O2S2.BrH/c24-17-11-18(20-15-31-23-25-7-9-27(20)23)22-19(12-17)26(21(28)13-29-22)8-4-10-30-14-16-5-2-1-3-6-16;/h1-3,5-6,11-12,15H,4,7-10,13-14H2;1H. The Labute approximate surface area is 212 Å². The average molecular weight is 553 g/mol. The van der Waals surface area contributed by atoms with Crippen molar-refractivity contribution >= 4 is 74.6 Å². The number of benzene rings is 2. The lowest BCUT2D eigenvalue weighted by molar-refractivity contribution is -0.121. The van der Waals surface area contributed by atoms with Gasteiger partial charge in [0.1, 0.15) is 0 Å². The fraction of sp³-hybridized carbons (Fsp3) is 0.304. The minimum atomic E-state index is -0.0213. The zero-order valence-corrected chi connectivity index (χ0v) is 21.4. The SMILES string of the molecule is Br.O=C1COc2c(C3=CSC4=NCCN34)cc(Cl)cc2N1CCCSCc1ccccc1. The van der Waals surface area contributed by atoms with E-state index in [2.05, 4.69) is 39.6 Å². The summed E-state index contributed by atoms with van der Waals surface area (Å²) in [7, 11) is 0. The summed E-state index contributed by atoms with van der Waals surface area (Å²) in [5.41, 5.74) is 4.07. The van der Waals surface area contributed by atoms with Gasteiger partial charge in [-0.25, -0.2) is 0 Å². The van der Waals surface area contributed by atoms with Crippen molar-refractivity contribution in [2.45, 2.75) is 12.2 Å². The number of carbonyl (C=O) groups is 1. The number of hydrogen-bond acceptors (Lipinski definition) is 6. The molecule has 0 spiro atoms. The Morgan fingerprint density at radius 3 is 2.91 bits per heavy atom. The van der Waals surface area contributed by atoms with Crippen molar-refractivity contribution in [1.82, 2.24) is 4.90 Å². The lowest BCUT2D eigenvalue weighted by atomic mass is 10.1. The molecule has 168 valence electrons. The third-order valence-electron chi connectivity index (χ3n) is 5.39. The molecule has 0 atom stereocenters. The molecule has 0 saturated heterocycles. The summed E-state index contributed by atoms with van der Waals surface area (Å²) < 4.78 is 5.93. The van der Waals surface area contributed by atoms with Crippen LogP contribution in [-0.4, -0.2) is 48.0 Å². The topological polar surface area (TPSA) is 45.1 Å². The predicted octanol–water partition coefficient (Wildman–Crippen LogP) is 5.68. The third-order valence-corrected chi connectivity index (χ3v) is 7.63. The van der Waals surface area contributed by atoms with Crippen molar-refractivity contribution < 1.29 is 9.53 Å². The monoisotopic (exact) mass is 551 g/mol. The largest absolute Gasteiger partial charge is 0.481 e. The van der Waals surface area contributed by atoms with Crippen LogP contribution in [0.1, 0.15) is 17.5 Å². The number of nitrogens with zero attached hydrogens (tertiary/aromatic N) is 3. The number of thioether (sulfide) groups is 2. The highest BCUT2D eigenvalue weighted by Crippen LogP contribution is 2.45. The van der Waals surface area contributed by atoms with Crippen LogP contribution < -0.4 is 9.64 Å². The van der Waals surface area contributed by atoms with Crippen LogP contribution in [-0.2, 0) is 10.5 Å². The number of rotatable bonds is 7. The first-order valence-electron chi connectivity index (χ1n) is 10.3. The maximum absolute atomic E-state index is 12.7. The Balaban J connectivity index is 0.00000245. The van der Waals surface area contributed by atoms with Gasteiger partial charge in [-0.2, -0.15) is 11.8 Å². The smallest absolute Gasteiger partial charge is 0.265 e. The highest BCUT2D eigenvalue weighted by atomic mass is 79.9. The number of amidine groups is 1. The number of halogens is 2. The normalized spacial score (nSPS) is 16.7. The van der Waals surface area contributed by atoms with Crippen molar-refractivity contribution in [3.8, 4) is 5.75 Å². The second-order valence-corrected chi connectivity index (χ2v) is 9.84. The van der Waals surface area contributed by atoms with Crippen molar-refractivity contribution in [1.29, 1.82) is 0 Å². The lowest BCUT2D eigenvalue weighted by Crippen LogP contribution is -2.40. The molecule has 2 aromatic carbocycles. The summed E-state index contributed by atoms with van der Waals surface area (Å²) in [6, 6.07) is 14.2. The molecule has 3 aliphatic rings. The molecule has 5 nitrogen and oxygen atoms in total. The molecule has 0 radical (unpaired) electrons. The number of ether oxygens (including phenoxy) is 1. The number of fused-ring (bicyclic) bond motifs is 2. The molecule has 0 bridgehead atoms. The molecule has 0 fully saturated rings. The number of hydrogen-bond donors (Lipinski definition) is 0. The Hall–Kier alpha value is -1.61. The van der Waals surface area contributed by atoms with Crippen LogP contribution >= 0.6 is 52.1 Å². The predicted molar refractivity (Wildman–Crippen MR) is 141 cm³/mol. The van der Waals surface area contributed by atoms with Gasteiger partial charge < -0.3 is 14.5 Å². The highest BCUT2D eigenvalue weighted by Gasteiger charge is 2.33. The van der Waals surface area contributed by atoms with Crippen molar-refractivity contribution in [3.63, 3.8) is 0 Å². The average Bonchev–Trinajstić information content (AvgIpc) is 3.39. The van der Waals surface area contributed by atoms with Crippen LogP contribution in [0.15, 0.2) is 52.9 Å². The van der Waals surface area contributed by atoms with Gasteiger partial charge in [0.2, 0.25) is 0 Å². The second kappa shape index (κ2) is 10.5. The molecule has 0 saturated carbocycles. The van der Waals surface area contributed by atoms with E-state index in [-0.39, 0.29) is 29.5 Å². The van der Waals surface area contributed by atoms with Crippen LogP contribution in [0.2, 0.25) is 5.02 Å². The summed E-state index contributed by atoms with van der Waals surface area (Å²) in [6.07, 6.45) is 0.909. The minimum Gasteiger partial charge on any atom is -0.481 e. The van der Waals surface area contributed by atoms with Crippen LogP contribution in [0.5, 0.6) is 5.75 Å². The molecule has 0 aromatic heterocycles. The van der Waals surface area contributed by atoms with Crippen molar-refractivity contribution in [3.05, 3.63) is 64.0 Å². The van der Waals surface area contributed by atoms with Crippen molar-refractivity contribution in [2.75, 3.05) is 36.9 Å². The zero-order chi connectivity index (χ0) is 21.2. The summed E-state index contributed by atoms with van der Waals surface area (Å²) in [4.78, 5) is 21.2. The summed E-state index contributed by atoms with van der Waals surface area (Å²) >= 11 is 10.00. The molecule has 5 rings (SSSR count). The molecular weight excluding hydrogens is 530 g/mol. The third kappa shape index (κ3) is 4.83. The summed E-state index contributed by atoms with van der Waals surface area (Å²) in [5.74, 6) is 2.68. The maximum Gasteiger partial charge on any atom is 0.265 e. The van der Waals surface area contributed by atoms with Gasteiger partial charge in [0.05, 0.1) is 17.9 Å². The van der Waals surface area contributed by atoms with Crippen LogP contribution in [0.3, 0.4) is 0 Å².